The molecule has 2 aromatic rings. The number of nitrogens with two attached hydrogens (primary N) is 1. The Kier molecular flexibility index (Phi) is 5.00. The summed E-state index contributed by atoms with van der Waals surface area (Å²) in [5, 5.41) is 6.95. The van der Waals surface area contributed by atoms with E-state index in [1.165, 1.54) is 7.11 Å². The van der Waals surface area contributed by atoms with E-state index in [0.29, 0.717) is 17.9 Å². The first kappa shape index (κ1) is 15.8. The van der Waals surface area contributed by atoms with E-state index in [0.717, 1.165) is 16.8 Å². The van der Waals surface area contributed by atoms with Crippen molar-refractivity contribution in [2.45, 2.75) is 12.5 Å². The van der Waals surface area contributed by atoms with Crippen LogP contribution in [-0.4, -0.2) is 43.5 Å². The molecule has 2 rings (SSSR count). The number of ether oxygens (including phenoxy) is 3. The molecule has 118 valence electrons. The van der Waals surface area contributed by atoms with Gasteiger partial charge in [-0.1, -0.05) is 0 Å². The number of aromatic amines is 1. The minimum atomic E-state index is -0.735. The Morgan fingerprint density at radius 1 is 1.27 bits per heavy atom. The van der Waals surface area contributed by atoms with Gasteiger partial charge in [0.2, 0.25) is 0 Å². The maximum Gasteiger partial charge on any atom is 0.322 e. The molecule has 0 saturated heterocycles. The van der Waals surface area contributed by atoms with Crippen LogP contribution < -0.4 is 15.2 Å². The molecule has 0 bridgehead atoms. The number of aromatic nitrogens is 2. The first-order valence-corrected chi connectivity index (χ1v) is 6.68. The van der Waals surface area contributed by atoms with Crippen LogP contribution in [0.3, 0.4) is 0 Å². The zero-order valence-corrected chi connectivity index (χ0v) is 12.8. The van der Waals surface area contributed by atoms with Crippen molar-refractivity contribution in [1.82, 2.24) is 10.2 Å². The molecule has 0 radical (unpaired) electrons. The van der Waals surface area contributed by atoms with Crippen LogP contribution in [-0.2, 0) is 16.0 Å². The molecule has 1 aromatic heterocycles. The van der Waals surface area contributed by atoms with Crippen molar-refractivity contribution in [3.8, 4) is 22.8 Å². The number of hydrogen-bond acceptors (Lipinski definition) is 6. The third-order valence-electron chi connectivity index (χ3n) is 3.33. The normalized spacial score (nSPS) is 11.8. The zero-order valence-electron chi connectivity index (χ0n) is 12.8. The van der Waals surface area contributed by atoms with Gasteiger partial charge in [-0.05, 0) is 23.8 Å². The molecule has 1 aromatic carbocycles. The van der Waals surface area contributed by atoms with Crippen molar-refractivity contribution in [2.24, 2.45) is 5.73 Å². The molecular formula is C15H19N3O4. The lowest BCUT2D eigenvalue weighted by atomic mass is 10.0. The van der Waals surface area contributed by atoms with Gasteiger partial charge >= 0.3 is 5.97 Å². The van der Waals surface area contributed by atoms with Gasteiger partial charge in [0.15, 0.2) is 11.5 Å². The van der Waals surface area contributed by atoms with Crippen molar-refractivity contribution in [3.63, 3.8) is 0 Å². The second-order valence-corrected chi connectivity index (χ2v) is 4.67. The van der Waals surface area contributed by atoms with Gasteiger partial charge in [-0.25, -0.2) is 0 Å². The fourth-order valence-corrected chi connectivity index (χ4v) is 2.18. The quantitative estimate of drug-likeness (QED) is 0.776. The molecule has 1 atom stereocenters. The summed E-state index contributed by atoms with van der Waals surface area (Å²) in [6, 6.07) is 4.78. The number of esters is 1. The van der Waals surface area contributed by atoms with E-state index in [1.54, 1.807) is 26.5 Å². The minimum Gasteiger partial charge on any atom is -0.493 e. The standard InChI is InChI=1S/C15H19N3O4/c1-20-12-5-4-9(7-13(12)21-2)14-10(8-17-18-14)6-11(16)15(19)22-3/h4-5,7-8,11H,6,16H2,1-3H3,(H,17,18). The van der Waals surface area contributed by atoms with Gasteiger partial charge in [0, 0.05) is 12.0 Å². The Morgan fingerprint density at radius 2 is 2.00 bits per heavy atom. The number of H-pyrrole nitrogens is 1. The molecule has 22 heavy (non-hydrogen) atoms. The predicted molar refractivity (Wildman–Crippen MR) is 80.8 cm³/mol. The van der Waals surface area contributed by atoms with E-state index in [4.69, 9.17) is 15.2 Å². The highest BCUT2D eigenvalue weighted by atomic mass is 16.5. The molecule has 1 heterocycles. The fraction of sp³-hybridized carbons (Fsp3) is 0.333. The summed E-state index contributed by atoms with van der Waals surface area (Å²) in [6.07, 6.45) is 1.97. The monoisotopic (exact) mass is 305 g/mol. The lowest BCUT2D eigenvalue weighted by Gasteiger charge is -2.11. The molecule has 7 heteroatoms. The van der Waals surface area contributed by atoms with E-state index < -0.39 is 12.0 Å². The second kappa shape index (κ2) is 6.95. The fourth-order valence-electron chi connectivity index (χ4n) is 2.18. The van der Waals surface area contributed by atoms with Gasteiger partial charge in [0.1, 0.15) is 6.04 Å². The number of nitrogens with one attached hydrogen (secondary N) is 1. The topological polar surface area (TPSA) is 99.5 Å². The summed E-state index contributed by atoms with van der Waals surface area (Å²) >= 11 is 0. The van der Waals surface area contributed by atoms with Gasteiger partial charge in [-0.15, -0.1) is 0 Å². The van der Waals surface area contributed by atoms with Crippen LogP contribution >= 0.6 is 0 Å². The number of benzene rings is 1. The van der Waals surface area contributed by atoms with E-state index in [-0.39, 0.29) is 0 Å². The number of methoxy groups -OCH3 is 3. The maximum absolute atomic E-state index is 11.5. The zero-order chi connectivity index (χ0) is 16.1. The number of hydrogen-bond donors (Lipinski definition) is 2. The molecule has 3 N–H and O–H groups in total. The molecule has 0 saturated carbocycles. The molecule has 0 amide bonds. The first-order chi connectivity index (χ1) is 10.6. The van der Waals surface area contributed by atoms with Crippen molar-refractivity contribution < 1.29 is 19.0 Å². The van der Waals surface area contributed by atoms with Crippen LogP contribution in [0.5, 0.6) is 11.5 Å². The van der Waals surface area contributed by atoms with E-state index in [2.05, 4.69) is 14.9 Å². The van der Waals surface area contributed by atoms with E-state index in [1.807, 2.05) is 12.1 Å². The molecule has 0 aliphatic rings. The number of nitrogens with zero attached hydrogens (tertiary/aromatic N) is 1. The van der Waals surface area contributed by atoms with Crippen molar-refractivity contribution in [1.29, 1.82) is 0 Å². The molecule has 7 nitrogen and oxygen atoms in total. The van der Waals surface area contributed by atoms with Crippen LogP contribution in [0.1, 0.15) is 5.56 Å². The third kappa shape index (κ3) is 3.20. The van der Waals surface area contributed by atoms with Gasteiger partial charge < -0.3 is 19.9 Å². The van der Waals surface area contributed by atoms with Crippen LogP contribution in [0.2, 0.25) is 0 Å². The Balaban J connectivity index is 2.31. The Morgan fingerprint density at radius 3 is 2.64 bits per heavy atom. The highest BCUT2D eigenvalue weighted by Crippen LogP contribution is 2.32. The van der Waals surface area contributed by atoms with Crippen LogP contribution in [0.4, 0.5) is 0 Å². The van der Waals surface area contributed by atoms with Crippen molar-refractivity contribution in [3.05, 3.63) is 30.0 Å². The van der Waals surface area contributed by atoms with Gasteiger partial charge in [-0.3, -0.25) is 9.89 Å². The average Bonchev–Trinajstić information content (AvgIpc) is 3.01. The molecule has 0 spiro atoms. The average molecular weight is 305 g/mol. The first-order valence-electron chi connectivity index (χ1n) is 6.68. The molecule has 1 unspecified atom stereocenters. The van der Waals surface area contributed by atoms with Crippen LogP contribution in [0, 0.1) is 0 Å². The molecule has 0 aliphatic carbocycles. The van der Waals surface area contributed by atoms with Crippen LogP contribution in [0.15, 0.2) is 24.4 Å². The summed E-state index contributed by atoms with van der Waals surface area (Å²) in [7, 11) is 4.46. The Labute approximate surface area is 128 Å². The Hall–Kier alpha value is -2.54. The summed E-state index contributed by atoms with van der Waals surface area (Å²) in [5.74, 6) is 0.788. The minimum absolute atomic E-state index is 0.326. The molecule has 0 fully saturated rings. The number of carbonyl (C=O) groups is 1. The summed E-state index contributed by atoms with van der Waals surface area (Å²) in [5.41, 5.74) is 8.27. The summed E-state index contributed by atoms with van der Waals surface area (Å²) in [6.45, 7) is 0. The largest absolute Gasteiger partial charge is 0.493 e. The van der Waals surface area contributed by atoms with E-state index in [9.17, 15) is 4.79 Å². The summed E-state index contributed by atoms with van der Waals surface area (Å²) < 4.78 is 15.2. The molecule has 0 aliphatic heterocycles. The highest BCUT2D eigenvalue weighted by Gasteiger charge is 2.18. The lowest BCUT2D eigenvalue weighted by Crippen LogP contribution is -2.33. The number of rotatable bonds is 6. The second-order valence-electron chi connectivity index (χ2n) is 4.67. The van der Waals surface area contributed by atoms with Gasteiger partial charge in [-0.2, -0.15) is 5.10 Å². The van der Waals surface area contributed by atoms with E-state index >= 15 is 0 Å². The predicted octanol–water partition coefficient (Wildman–Crippen LogP) is 1.14. The third-order valence-corrected chi connectivity index (χ3v) is 3.33. The highest BCUT2D eigenvalue weighted by molar-refractivity contribution is 5.76. The van der Waals surface area contributed by atoms with Crippen LogP contribution in [0.25, 0.3) is 11.3 Å². The van der Waals surface area contributed by atoms with Gasteiger partial charge in [0.05, 0.1) is 33.2 Å². The molecular weight excluding hydrogens is 286 g/mol. The number of carbonyl (C=O) groups excluding carboxylic acids is 1. The smallest absolute Gasteiger partial charge is 0.322 e. The lowest BCUT2D eigenvalue weighted by molar-refractivity contribution is -0.142. The summed E-state index contributed by atoms with van der Waals surface area (Å²) in [4.78, 5) is 11.5. The van der Waals surface area contributed by atoms with Gasteiger partial charge in [0.25, 0.3) is 0 Å². The maximum atomic E-state index is 11.5. The Bertz CT molecular complexity index is 654. The van der Waals surface area contributed by atoms with Crippen molar-refractivity contribution >= 4 is 5.97 Å². The van der Waals surface area contributed by atoms with Crippen molar-refractivity contribution in [2.75, 3.05) is 21.3 Å². The SMILES string of the molecule is COC(=O)C(N)Cc1cn[nH]c1-c1ccc(OC)c(OC)c1.